The molecule has 1 unspecified atom stereocenters. The maximum absolute atomic E-state index is 13.5. The number of nitrogen functional groups attached to an aromatic ring is 1. The first kappa shape index (κ1) is 30.4. The molecule has 3 rings (SSSR count). The zero-order valence-corrected chi connectivity index (χ0v) is 22.5. The van der Waals surface area contributed by atoms with Crippen molar-refractivity contribution in [1.29, 1.82) is 0 Å². The third-order valence-electron chi connectivity index (χ3n) is 6.71. The zero-order valence-electron chi connectivity index (χ0n) is 22.5. The van der Waals surface area contributed by atoms with Crippen molar-refractivity contribution in [2.75, 3.05) is 40.0 Å². The van der Waals surface area contributed by atoms with Gasteiger partial charge in [-0.15, -0.1) is 0 Å². The number of hydrogen-bond donors (Lipinski definition) is 3. The Morgan fingerprint density at radius 2 is 1.85 bits per heavy atom. The molecule has 1 aliphatic heterocycles. The molecule has 0 radical (unpaired) electrons. The number of aromatic nitrogens is 2. The molecule has 216 valence electrons. The van der Waals surface area contributed by atoms with Gasteiger partial charge in [-0.3, -0.25) is 23.2 Å². The van der Waals surface area contributed by atoms with Gasteiger partial charge in [0, 0.05) is 30.9 Å². The first-order valence-corrected chi connectivity index (χ1v) is 12.9. The number of halogens is 3. The van der Waals surface area contributed by atoms with Crippen molar-refractivity contribution < 1.29 is 27.8 Å². The van der Waals surface area contributed by atoms with E-state index in [0.29, 0.717) is 65.1 Å². The molecule has 1 aromatic carbocycles. The highest BCUT2D eigenvalue weighted by Gasteiger charge is 2.37. The number of unbranched alkanes of at least 4 members (excludes halogenated alkanes) is 3. The highest BCUT2D eigenvalue weighted by atomic mass is 19.4. The van der Waals surface area contributed by atoms with Crippen molar-refractivity contribution in [3.8, 4) is 0 Å². The van der Waals surface area contributed by atoms with E-state index in [1.165, 1.54) is 0 Å². The first-order valence-electron chi connectivity index (χ1n) is 12.9. The van der Waals surface area contributed by atoms with Gasteiger partial charge in [0.1, 0.15) is 11.8 Å². The topological polar surface area (TPSA) is 129 Å². The molecule has 1 fully saturated rings. The quantitative estimate of drug-likeness (QED) is 0.222. The maximum Gasteiger partial charge on any atom is 0.423 e. The minimum Gasteiger partial charge on any atom is -0.394 e. The van der Waals surface area contributed by atoms with Crippen LogP contribution in [-0.2, 0) is 17.5 Å². The number of aliphatic hydroxyl groups is 1. The number of amides is 1. The van der Waals surface area contributed by atoms with Gasteiger partial charge in [-0.1, -0.05) is 12.8 Å². The van der Waals surface area contributed by atoms with Gasteiger partial charge in [-0.25, -0.2) is 4.79 Å². The van der Waals surface area contributed by atoms with E-state index in [1.54, 1.807) is 12.1 Å². The Morgan fingerprint density at radius 1 is 1.15 bits per heavy atom. The van der Waals surface area contributed by atoms with Crippen molar-refractivity contribution in [1.82, 2.24) is 18.9 Å². The lowest BCUT2D eigenvalue weighted by Crippen LogP contribution is -2.44. The molecule has 4 N–H and O–H groups in total. The molecule has 39 heavy (non-hydrogen) atoms. The van der Waals surface area contributed by atoms with Gasteiger partial charge < -0.3 is 20.9 Å². The largest absolute Gasteiger partial charge is 0.423 e. The Balaban J connectivity index is 1.54. The molecule has 1 aromatic heterocycles. The fourth-order valence-corrected chi connectivity index (χ4v) is 4.60. The van der Waals surface area contributed by atoms with Crippen molar-refractivity contribution in [3.05, 3.63) is 56.4 Å². The second-order valence-corrected chi connectivity index (χ2v) is 10.6. The van der Waals surface area contributed by atoms with Gasteiger partial charge in [0.2, 0.25) is 0 Å². The summed E-state index contributed by atoms with van der Waals surface area (Å²) in [5, 5.41) is 12.1. The Bertz CT molecular complexity index is 1280. The Labute approximate surface area is 224 Å². The number of nitrogens with one attached hydrogen (secondary N) is 1. The predicted molar refractivity (Wildman–Crippen MR) is 141 cm³/mol. The number of nitrogens with zero attached hydrogens (tertiary/aromatic N) is 3. The molecule has 10 nitrogen and oxygen atoms in total. The molecule has 2 atom stereocenters. The smallest absolute Gasteiger partial charge is 0.394 e. The van der Waals surface area contributed by atoms with Crippen LogP contribution in [0.3, 0.4) is 0 Å². The molecule has 0 spiro atoms. The molecule has 1 saturated heterocycles. The SMILES string of the molecule is C[N+](C)(C)c1ccc(C(=O)NCCCCCCn2c(=O)c(C(F)(F)F)cn(C3CC[C@@H](CO)O3)c2=O)cc1N. The summed E-state index contributed by atoms with van der Waals surface area (Å²) in [6.45, 7) is -0.104. The molecule has 13 heteroatoms. The lowest BCUT2D eigenvalue weighted by molar-refractivity contribution is -0.140. The summed E-state index contributed by atoms with van der Waals surface area (Å²) in [5.74, 6) is -0.261. The number of nitrogens with two attached hydrogens (primary N) is 1. The monoisotopic (exact) mass is 556 g/mol. The van der Waals surface area contributed by atoms with Crippen LogP contribution in [0.4, 0.5) is 24.5 Å². The highest BCUT2D eigenvalue weighted by Crippen LogP contribution is 2.30. The van der Waals surface area contributed by atoms with Crippen molar-refractivity contribution in [2.24, 2.45) is 0 Å². The Kier molecular flexibility index (Phi) is 9.62. The third-order valence-corrected chi connectivity index (χ3v) is 6.71. The van der Waals surface area contributed by atoms with Crippen LogP contribution >= 0.6 is 0 Å². The normalized spacial score (nSPS) is 17.9. The number of rotatable bonds is 11. The lowest BCUT2D eigenvalue weighted by atomic mass is 10.1. The molecule has 1 aliphatic rings. The van der Waals surface area contributed by atoms with Gasteiger partial charge in [-0.05, 0) is 37.8 Å². The minimum atomic E-state index is -4.93. The molecule has 2 heterocycles. The van der Waals surface area contributed by atoms with Gasteiger partial charge >= 0.3 is 11.9 Å². The van der Waals surface area contributed by atoms with Gasteiger partial charge in [0.15, 0.2) is 5.69 Å². The van der Waals surface area contributed by atoms with Crippen molar-refractivity contribution in [2.45, 2.75) is 63.6 Å². The molecular weight excluding hydrogens is 519 g/mol. The molecule has 0 saturated carbocycles. The van der Waals surface area contributed by atoms with E-state index in [4.69, 9.17) is 10.5 Å². The van der Waals surface area contributed by atoms with E-state index >= 15 is 0 Å². The fraction of sp³-hybridized carbons (Fsp3) is 0.577. The standard InChI is InChI=1S/C26H36F3N5O5/c1-34(2,3)21-10-8-17(14-20(21)30)23(36)31-12-6-4-5-7-13-32-24(37)19(26(27,28)29)15-33(25(32)38)22-11-9-18(16-35)39-22/h8,10,14-15,18,22,35H,4-7,9,11-13,16,30H2,1-3H3/p+1/t18-,22?/m0/s1. The van der Waals surface area contributed by atoms with Crippen LogP contribution in [0.5, 0.6) is 0 Å². The third kappa shape index (κ3) is 7.49. The molecule has 0 bridgehead atoms. The Morgan fingerprint density at radius 3 is 2.44 bits per heavy atom. The minimum absolute atomic E-state index is 0.179. The Hall–Kier alpha value is -3.16. The number of quaternary nitrogens is 1. The number of ether oxygens (including phenoxy) is 1. The van der Waals surface area contributed by atoms with Crippen LogP contribution in [0, 0.1) is 0 Å². The van der Waals surface area contributed by atoms with E-state index < -0.39 is 35.3 Å². The number of carbonyl (C=O) groups excluding carboxylic acids is 1. The van der Waals surface area contributed by atoms with Gasteiger partial charge in [0.25, 0.3) is 11.5 Å². The van der Waals surface area contributed by atoms with Crippen LogP contribution in [0.2, 0.25) is 0 Å². The van der Waals surface area contributed by atoms with Crippen LogP contribution in [0.15, 0.2) is 34.0 Å². The van der Waals surface area contributed by atoms with Crippen molar-refractivity contribution >= 4 is 17.3 Å². The summed E-state index contributed by atoms with van der Waals surface area (Å²) in [5.41, 5.74) is 4.25. The summed E-state index contributed by atoms with van der Waals surface area (Å²) in [7, 11) is 5.92. The van der Waals surface area contributed by atoms with Crippen LogP contribution in [0.25, 0.3) is 0 Å². The second kappa shape index (κ2) is 12.3. The number of carbonyl (C=O) groups is 1. The first-order chi connectivity index (χ1) is 18.2. The van der Waals surface area contributed by atoms with E-state index in [-0.39, 0.29) is 25.5 Å². The van der Waals surface area contributed by atoms with Crippen molar-refractivity contribution in [3.63, 3.8) is 0 Å². The predicted octanol–water partition coefficient (Wildman–Crippen LogP) is 2.47. The van der Waals surface area contributed by atoms with Crippen LogP contribution in [0.1, 0.15) is 60.7 Å². The summed E-state index contributed by atoms with van der Waals surface area (Å²) in [4.78, 5) is 37.8. The maximum atomic E-state index is 13.5. The molecule has 2 aromatic rings. The van der Waals surface area contributed by atoms with E-state index in [1.807, 2.05) is 27.2 Å². The number of hydrogen-bond acceptors (Lipinski definition) is 6. The average Bonchev–Trinajstić information content (AvgIpc) is 3.32. The van der Waals surface area contributed by atoms with Gasteiger partial charge in [-0.2, -0.15) is 13.2 Å². The number of alkyl halides is 3. The summed E-state index contributed by atoms with van der Waals surface area (Å²) < 4.78 is 48.0. The molecular formula is C26H37F3N5O5+. The van der Waals surface area contributed by atoms with Crippen LogP contribution < -0.4 is 26.8 Å². The number of anilines is 1. The highest BCUT2D eigenvalue weighted by molar-refractivity contribution is 5.96. The summed E-state index contributed by atoms with van der Waals surface area (Å²) in [6, 6.07) is 5.16. The molecule has 1 amide bonds. The molecule has 0 aliphatic carbocycles. The fourth-order valence-electron chi connectivity index (χ4n) is 4.60. The van der Waals surface area contributed by atoms with Gasteiger partial charge in [0.05, 0.1) is 39.5 Å². The summed E-state index contributed by atoms with van der Waals surface area (Å²) >= 11 is 0. The lowest BCUT2D eigenvalue weighted by Gasteiger charge is -2.25. The second-order valence-electron chi connectivity index (χ2n) is 10.6. The van der Waals surface area contributed by atoms with E-state index in [2.05, 4.69) is 5.32 Å². The summed E-state index contributed by atoms with van der Waals surface area (Å²) in [6.07, 6.45) is -3.25. The number of aliphatic hydroxyl groups excluding tert-OH is 1. The number of benzene rings is 1. The van der Waals surface area contributed by atoms with E-state index in [0.717, 1.165) is 10.3 Å². The van der Waals surface area contributed by atoms with Crippen LogP contribution in [-0.4, -0.2) is 60.5 Å². The average molecular weight is 557 g/mol. The zero-order chi connectivity index (χ0) is 29.0. The van der Waals surface area contributed by atoms with E-state index in [9.17, 15) is 32.7 Å².